The van der Waals surface area contributed by atoms with E-state index in [4.69, 9.17) is 9.47 Å². The van der Waals surface area contributed by atoms with Gasteiger partial charge in [-0.3, -0.25) is 0 Å². The number of ether oxygens (including phenoxy) is 2. The number of rotatable bonds is 6. The van der Waals surface area contributed by atoms with Crippen LogP contribution in [-0.2, 0) is 0 Å². The summed E-state index contributed by atoms with van der Waals surface area (Å²) < 4.78 is 13.0. The van der Waals surface area contributed by atoms with Crippen molar-refractivity contribution >= 4 is 0 Å². The third-order valence-electron chi connectivity index (χ3n) is 5.20. The lowest BCUT2D eigenvalue weighted by atomic mass is 9.90. The molecule has 3 aromatic rings. The maximum atomic E-state index is 9.60. The second-order valence-corrected chi connectivity index (χ2v) is 7.19. The normalized spacial score (nSPS) is 14.8. The Hall–Kier alpha value is -3.02. The number of nitrogens with zero attached hydrogens (tertiary/aromatic N) is 3. The highest BCUT2D eigenvalue weighted by Crippen LogP contribution is 2.28. The minimum absolute atomic E-state index is 0.216. The summed E-state index contributed by atoms with van der Waals surface area (Å²) in [5.74, 6) is 2.25. The Labute approximate surface area is 164 Å². The molecule has 0 saturated heterocycles. The summed E-state index contributed by atoms with van der Waals surface area (Å²) >= 11 is 0. The average Bonchev–Trinajstić information content (AvgIpc) is 3.18. The zero-order valence-electron chi connectivity index (χ0n) is 16.0. The monoisotopic (exact) mass is 379 g/mol. The highest BCUT2D eigenvalue weighted by Gasteiger charge is 2.18. The molecule has 1 saturated carbocycles. The van der Waals surface area contributed by atoms with Gasteiger partial charge in [0.25, 0.3) is 0 Å². The molecule has 146 valence electrons. The van der Waals surface area contributed by atoms with E-state index in [0.717, 1.165) is 17.0 Å². The van der Waals surface area contributed by atoms with Crippen LogP contribution < -0.4 is 9.47 Å². The van der Waals surface area contributed by atoms with E-state index in [1.165, 1.54) is 32.1 Å². The number of phenols is 1. The predicted molar refractivity (Wildman–Crippen MR) is 107 cm³/mol. The molecule has 0 atom stereocenters. The van der Waals surface area contributed by atoms with Crippen LogP contribution in [0.2, 0.25) is 0 Å². The molecule has 0 radical (unpaired) electrons. The molecule has 6 heteroatoms. The summed E-state index contributed by atoms with van der Waals surface area (Å²) in [5.41, 5.74) is 1.72. The van der Waals surface area contributed by atoms with Gasteiger partial charge < -0.3 is 14.6 Å². The lowest BCUT2D eigenvalue weighted by molar-refractivity contribution is 0.196. The van der Waals surface area contributed by atoms with Crippen LogP contribution in [0.3, 0.4) is 0 Å². The van der Waals surface area contributed by atoms with E-state index in [1.807, 2.05) is 36.4 Å². The van der Waals surface area contributed by atoms with Crippen molar-refractivity contribution in [3.8, 4) is 34.6 Å². The Kier molecular flexibility index (Phi) is 5.46. The molecule has 0 spiro atoms. The third-order valence-corrected chi connectivity index (χ3v) is 5.20. The third kappa shape index (κ3) is 4.11. The maximum Gasteiger partial charge on any atom is 0.336 e. The Balaban J connectivity index is 1.63. The minimum atomic E-state index is 0.216. The van der Waals surface area contributed by atoms with Crippen molar-refractivity contribution in [1.82, 2.24) is 14.8 Å². The fraction of sp³-hybridized carbons (Fsp3) is 0.364. The molecule has 1 heterocycles. The van der Waals surface area contributed by atoms with Gasteiger partial charge in [0, 0.05) is 5.56 Å². The highest BCUT2D eigenvalue weighted by molar-refractivity contribution is 5.59. The number of methoxy groups -OCH3 is 1. The van der Waals surface area contributed by atoms with Gasteiger partial charge in [0.15, 0.2) is 5.82 Å². The van der Waals surface area contributed by atoms with Crippen LogP contribution in [0.4, 0.5) is 0 Å². The summed E-state index contributed by atoms with van der Waals surface area (Å²) in [4.78, 5) is 4.63. The molecule has 0 amide bonds. The van der Waals surface area contributed by atoms with E-state index >= 15 is 0 Å². The van der Waals surface area contributed by atoms with Crippen LogP contribution in [-0.4, -0.2) is 33.6 Å². The Morgan fingerprint density at radius 1 is 1.00 bits per heavy atom. The summed E-state index contributed by atoms with van der Waals surface area (Å²) in [6.07, 6.45) is 6.31. The van der Waals surface area contributed by atoms with Crippen molar-refractivity contribution in [3.63, 3.8) is 0 Å². The average molecular weight is 379 g/mol. The second kappa shape index (κ2) is 8.33. The van der Waals surface area contributed by atoms with Crippen molar-refractivity contribution < 1.29 is 14.6 Å². The Bertz CT molecular complexity index is 898. The molecule has 0 bridgehead atoms. The molecule has 1 aromatic heterocycles. The quantitative estimate of drug-likeness (QED) is 0.677. The number of aromatic nitrogens is 3. The van der Waals surface area contributed by atoms with Crippen LogP contribution in [0.1, 0.15) is 32.1 Å². The van der Waals surface area contributed by atoms with Crippen molar-refractivity contribution in [2.24, 2.45) is 5.92 Å². The zero-order chi connectivity index (χ0) is 19.3. The van der Waals surface area contributed by atoms with E-state index in [0.29, 0.717) is 24.4 Å². The fourth-order valence-electron chi connectivity index (χ4n) is 3.60. The maximum absolute atomic E-state index is 9.60. The zero-order valence-corrected chi connectivity index (χ0v) is 16.0. The molecule has 0 aliphatic heterocycles. The van der Waals surface area contributed by atoms with E-state index in [1.54, 1.807) is 23.9 Å². The van der Waals surface area contributed by atoms with Gasteiger partial charge in [-0.25, -0.2) is 4.68 Å². The molecular weight excluding hydrogens is 354 g/mol. The lowest BCUT2D eigenvalue weighted by Gasteiger charge is -2.20. The molecule has 1 fully saturated rings. The SMILES string of the molecule is COc1ccc(-n2nc(OCC3CCCCC3)nc2-c2ccc(O)cc2)cc1. The second-order valence-electron chi connectivity index (χ2n) is 7.19. The van der Waals surface area contributed by atoms with E-state index in [9.17, 15) is 5.11 Å². The molecule has 1 N–H and O–H groups in total. The standard InChI is InChI=1S/C22H25N3O3/c1-27-20-13-9-18(10-14-20)25-21(17-7-11-19(26)12-8-17)23-22(24-25)28-15-16-5-3-2-4-6-16/h7-14,16,26H,2-6,15H2,1H3. The summed E-state index contributed by atoms with van der Waals surface area (Å²) in [6.45, 7) is 0.654. The number of phenolic OH excluding ortho intramolecular Hbond substituents is 1. The van der Waals surface area contributed by atoms with Crippen LogP contribution in [0.5, 0.6) is 17.5 Å². The van der Waals surface area contributed by atoms with Crippen LogP contribution in [0.25, 0.3) is 17.1 Å². The molecule has 28 heavy (non-hydrogen) atoms. The van der Waals surface area contributed by atoms with Crippen LogP contribution in [0, 0.1) is 5.92 Å². The molecule has 6 nitrogen and oxygen atoms in total. The van der Waals surface area contributed by atoms with Gasteiger partial charge in [-0.2, -0.15) is 4.98 Å². The smallest absolute Gasteiger partial charge is 0.336 e. The molecule has 2 aromatic carbocycles. The van der Waals surface area contributed by atoms with E-state index in [-0.39, 0.29) is 5.75 Å². The van der Waals surface area contributed by atoms with E-state index in [2.05, 4.69) is 10.1 Å². The van der Waals surface area contributed by atoms with Gasteiger partial charge in [0.1, 0.15) is 11.5 Å². The predicted octanol–water partition coefficient (Wildman–Crippen LogP) is 4.61. The van der Waals surface area contributed by atoms with Gasteiger partial charge in [0.05, 0.1) is 19.4 Å². The van der Waals surface area contributed by atoms with Crippen molar-refractivity contribution in [2.45, 2.75) is 32.1 Å². The number of hydrogen-bond acceptors (Lipinski definition) is 5. The molecule has 4 rings (SSSR count). The minimum Gasteiger partial charge on any atom is -0.508 e. The topological polar surface area (TPSA) is 69.4 Å². The molecular formula is C22H25N3O3. The molecule has 0 unspecified atom stereocenters. The largest absolute Gasteiger partial charge is 0.508 e. The number of benzene rings is 2. The Morgan fingerprint density at radius 3 is 2.39 bits per heavy atom. The number of aromatic hydroxyl groups is 1. The van der Waals surface area contributed by atoms with Crippen molar-refractivity contribution in [3.05, 3.63) is 48.5 Å². The first-order chi connectivity index (χ1) is 13.7. The fourth-order valence-corrected chi connectivity index (χ4v) is 3.60. The summed E-state index contributed by atoms with van der Waals surface area (Å²) in [6, 6.07) is 15.0. The van der Waals surface area contributed by atoms with Crippen LogP contribution >= 0.6 is 0 Å². The van der Waals surface area contributed by atoms with E-state index < -0.39 is 0 Å². The summed E-state index contributed by atoms with van der Waals surface area (Å²) in [5, 5.41) is 14.2. The van der Waals surface area contributed by atoms with Crippen molar-refractivity contribution in [2.75, 3.05) is 13.7 Å². The molecule has 1 aliphatic rings. The highest BCUT2D eigenvalue weighted by atomic mass is 16.5. The Morgan fingerprint density at radius 2 is 1.71 bits per heavy atom. The van der Waals surface area contributed by atoms with Gasteiger partial charge in [-0.05, 0) is 67.3 Å². The van der Waals surface area contributed by atoms with Gasteiger partial charge in [0.2, 0.25) is 0 Å². The first-order valence-corrected chi connectivity index (χ1v) is 9.76. The first-order valence-electron chi connectivity index (χ1n) is 9.76. The van der Waals surface area contributed by atoms with Gasteiger partial charge >= 0.3 is 6.01 Å². The first kappa shape index (κ1) is 18.3. The van der Waals surface area contributed by atoms with Gasteiger partial charge in [-0.15, -0.1) is 5.10 Å². The van der Waals surface area contributed by atoms with Crippen molar-refractivity contribution in [1.29, 1.82) is 0 Å². The van der Waals surface area contributed by atoms with Gasteiger partial charge in [-0.1, -0.05) is 19.3 Å². The number of hydrogen-bond donors (Lipinski definition) is 1. The summed E-state index contributed by atoms with van der Waals surface area (Å²) in [7, 11) is 1.64. The lowest BCUT2D eigenvalue weighted by Crippen LogP contribution is -2.15. The van der Waals surface area contributed by atoms with Crippen LogP contribution in [0.15, 0.2) is 48.5 Å². The molecule has 1 aliphatic carbocycles.